The summed E-state index contributed by atoms with van der Waals surface area (Å²) in [6.07, 6.45) is 6.55. The lowest BCUT2D eigenvalue weighted by Gasteiger charge is -2.45. The Balaban J connectivity index is 2.29. The first kappa shape index (κ1) is 12.2. The number of fused-ring (bicyclic) bond motifs is 2. The van der Waals surface area contributed by atoms with Crippen LogP contribution in [0.1, 0.15) is 60.3 Å². The maximum Gasteiger partial charge on any atom is 0.0743 e. The predicted octanol–water partition coefficient (Wildman–Crippen LogP) is 3.92. The van der Waals surface area contributed by atoms with E-state index in [1.165, 1.54) is 18.4 Å². The number of hydrogen-bond donors (Lipinski definition) is 1. The smallest absolute Gasteiger partial charge is 0.0743 e. The van der Waals surface area contributed by atoms with Gasteiger partial charge in [-0.3, -0.25) is 0 Å². The van der Waals surface area contributed by atoms with Crippen LogP contribution >= 0.6 is 0 Å². The molecule has 0 unspecified atom stereocenters. The Morgan fingerprint density at radius 3 is 2.31 bits per heavy atom. The second-order valence-corrected chi connectivity index (χ2v) is 7.01. The fourth-order valence-electron chi connectivity index (χ4n) is 4.10. The van der Waals surface area contributed by atoms with Crippen molar-refractivity contribution in [2.45, 2.75) is 65.9 Å². The van der Waals surface area contributed by atoms with Crippen molar-refractivity contribution >= 4 is 0 Å². The van der Waals surface area contributed by atoms with E-state index in [9.17, 15) is 5.11 Å². The summed E-state index contributed by atoms with van der Waals surface area (Å²) in [4.78, 5) is 0. The van der Waals surface area contributed by atoms with Gasteiger partial charge in [-0.25, -0.2) is 0 Å². The second-order valence-electron chi connectivity index (χ2n) is 7.01. The highest BCUT2D eigenvalue weighted by atomic mass is 16.3. The van der Waals surface area contributed by atoms with E-state index < -0.39 is 5.60 Å². The van der Waals surface area contributed by atoms with Crippen molar-refractivity contribution in [3.63, 3.8) is 0 Å². The minimum atomic E-state index is -0.462. The van der Waals surface area contributed by atoms with Gasteiger partial charge in [0.2, 0.25) is 0 Å². The summed E-state index contributed by atoms with van der Waals surface area (Å²) in [5, 5.41) is 11.0. The third kappa shape index (κ3) is 1.33. The first-order chi connectivity index (χ1) is 7.23. The van der Waals surface area contributed by atoms with Gasteiger partial charge in [0.15, 0.2) is 0 Å². The zero-order chi connectivity index (χ0) is 12.2. The molecule has 0 radical (unpaired) electrons. The first-order valence-corrected chi connectivity index (χ1v) is 6.59. The van der Waals surface area contributed by atoms with Gasteiger partial charge in [-0.05, 0) is 50.9 Å². The third-order valence-corrected chi connectivity index (χ3v) is 5.89. The van der Waals surface area contributed by atoms with E-state index in [2.05, 4.69) is 40.7 Å². The van der Waals surface area contributed by atoms with Crippen molar-refractivity contribution < 1.29 is 5.11 Å². The van der Waals surface area contributed by atoms with Gasteiger partial charge in [0.05, 0.1) is 5.60 Å². The molecule has 0 heterocycles. The van der Waals surface area contributed by atoms with E-state index in [-0.39, 0.29) is 5.41 Å². The zero-order valence-electron chi connectivity index (χ0n) is 11.4. The largest absolute Gasteiger partial charge is 0.389 e. The second kappa shape index (κ2) is 3.35. The fraction of sp³-hybridized carbons (Fsp3) is 0.867. The molecule has 1 heteroatoms. The normalized spacial score (nSPS) is 44.8. The molecule has 0 spiro atoms. The van der Waals surface area contributed by atoms with Crippen LogP contribution in [-0.2, 0) is 0 Å². The van der Waals surface area contributed by atoms with E-state index in [0.717, 1.165) is 12.8 Å². The van der Waals surface area contributed by atoms with Crippen LogP contribution in [0.4, 0.5) is 0 Å². The Kier molecular flexibility index (Phi) is 2.55. The van der Waals surface area contributed by atoms with Crippen LogP contribution < -0.4 is 0 Å². The Bertz CT molecular complexity index is 324. The summed E-state index contributed by atoms with van der Waals surface area (Å²) in [5.41, 5.74) is 1.27. The minimum Gasteiger partial charge on any atom is -0.389 e. The van der Waals surface area contributed by atoms with Crippen LogP contribution in [0, 0.1) is 16.7 Å². The topological polar surface area (TPSA) is 20.2 Å². The summed E-state index contributed by atoms with van der Waals surface area (Å²) < 4.78 is 0. The molecule has 0 aromatic carbocycles. The molecule has 2 fully saturated rings. The fourth-order valence-corrected chi connectivity index (χ4v) is 4.10. The lowest BCUT2D eigenvalue weighted by atomic mass is 9.63. The van der Waals surface area contributed by atoms with Gasteiger partial charge in [-0.15, -0.1) is 0 Å². The average molecular weight is 222 g/mol. The molecule has 2 rings (SSSR count). The Hall–Kier alpha value is -0.300. The van der Waals surface area contributed by atoms with Crippen molar-refractivity contribution in [2.75, 3.05) is 0 Å². The molecule has 0 aromatic heterocycles. The highest BCUT2D eigenvalue weighted by Crippen LogP contribution is 2.70. The molecule has 2 aliphatic carbocycles. The van der Waals surface area contributed by atoms with Gasteiger partial charge in [-0.2, -0.15) is 0 Å². The molecule has 0 aromatic rings. The monoisotopic (exact) mass is 222 g/mol. The predicted molar refractivity (Wildman–Crippen MR) is 68.2 cm³/mol. The van der Waals surface area contributed by atoms with Crippen LogP contribution in [0.2, 0.25) is 0 Å². The molecule has 92 valence electrons. The van der Waals surface area contributed by atoms with Crippen molar-refractivity contribution in [3.05, 3.63) is 11.6 Å². The van der Waals surface area contributed by atoms with Crippen LogP contribution in [0.25, 0.3) is 0 Å². The summed E-state index contributed by atoms with van der Waals surface area (Å²) in [7, 11) is 0. The number of aliphatic hydroxyl groups is 1. The van der Waals surface area contributed by atoms with Crippen molar-refractivity contribution in [3.8, 4) is 0 Å². The summed E-state index contributed by atoms with van der Waals surface area (Å²) >= 11 is 0. The van der Waals surface area contributed by atoms with Crippen molar-refractivity contribution in [2.24, 2.45) is 16.7 Å². The Morgan fingerprint density at radius 2 is 1.94 bits per heavy atom. The molecule has 1 nitrogen and oxygen atoms in total. The molecule has 1 N–H and O–H groups in total. The molecule has 2 saturated carbocycles. The zero-order valence-corrected chi connectivity index (χ0v) is 11.4. The van der Waals surface area contributed by atoms with E-state index in [0.29, 0.717) is 11.3 Å². The van der Waals surface area contributed by atoms with Gasteiger partial charge in [0.1, 0.15) is 0 Å². The maximum absolute atomic E-state index is 11.0. The highest BCUT2D eigenvalue weighted by molar-refractivity contribution is 5.19. The van der Waals surface area contributed by atoms with Crippen LogP contribution in [0.3, 0.4) is 0 Å². The molecular weight excluding hydrogens is 196 g/mol. The summed E-state index contributed by atoms with van der Waals surface area (Å²) in [6, 6.07) is 0. The van der Waals surface area contributed by atoms with Gasteiger partial charge >= 0.3 is 0 Å². The molecule has 2 aliphatic rings. The number of allylic oxidation sites excluding steroid dienone is 1. The van der Waals surface area contributed by atoms with Crippen LogP contribution in [-0.4, -0.2) is 10.7 Å². The standard InChI is InChI=1S/C15H26O/c1-11(2)6-9-15(16)10-12-7-8-14(15,5)13(12,3)4/h6,12,16H,7-10H2,1-5H3/t12-,14-,15-/m1/s1. The molecular formula is C15H26O. The van der Waals surface area contributed by atoms with Crippen molar-refractivity contribution in [1.82, 2.24) is 0 Å². The minimum absolute atomic E-state index is 0.108. The molecule has 2 bridgehead atoms. The summed E-state index contributed by atoms with van der Waals surface area (Å²) in [5.74, 6) is 0.716. The van der Waals surface area contributed by atoms with E-state index in [4.69, 9.17) is 0 Å². The van der Waals surface area contributed by atoms with Gasteiger partial charge in [0.25, 0.3) is 0 Å². The Morgan fingerprint density at radius 1 is 1.31 bits per heavy atom. The quantitative estimate of drug-likeness (QED) is 0.702. The molecule has 0 amide bonds. The summed E-state index contributed by atoms with van der Waals surface area (Å²) in [6.45, 7) is 11.2. The van der Waals surface area contributed by atoms with Crippen LogP contribution in [0.15, 0.2) is 11.6 Å². The molecule has 16 heavy (non-hydrogen) atoms. The molecule has 0 saturated heterocycles. The maximum atomic E-state index is 11.0. The molecule has 3 atom stereocenters. The third-order valence-electron chi connectivity index (χ3n) is 5.89. The first-order valence-electron chi connectivity index (χ1n) is 6.59. The van der Waals surface area contributed by atoms with Gasteiger partial charge in [0, 0.05) is 5.41 Å². The SMILES string of the molecule is CC(C)=CC[C@@]1(O)C[C@H]2CC[C@]1(C)C2(C)C. The van der Waals surface area contributed by atoms with Gasteiger partial charge in [-0.1, -0.05) is 32.4 Å². The van der Waals surface area contributed by atoms with Crippen molar-refractivity contribution in [1.29, 1.82) is 0 Å². The Labute approximate surface area is 99.9 Å². The van der Waals surface area contributed by atoms with E-state index in [1.807, 2.05) is 0 Å². The lowest BCUT2D eigenvalue weighted by Crippen LogP contribution is -2.46. The molecule has 0 aliphatic heterocycles. The van der Waals surface area contributed by atoms with E-state index in [1.54, 1.807) is 0 Å². The van der Waals surface area contributed by atoms with Crippen LogP contribution in [0.5, 0.6) is 0 Å². The average Bonchev–Trinajstić information content (AvgIpc) is 2.47. The number of hydrogen-bond acceptors (Lipinski definition) is 1. The van der Waals surface area contributed by atoms with E-state index >= 15 is 0 Å². The van der Waals surface area contributed by atoms with Gasteiger partial charge < -0.3 is 5.11 Å². The lowest BCUT2D eigenvalue weighted by molar-refractivity contribution is -0.0868. The highest BCUT2D eigenvalue weighted by Gasteiger charge is 2.67. The number of rotatable bonds is 2.